The van der Waals surface area contributed by atoms with E-state index in [2.05, 4.69) is 10.0 Å². The van der Waals surface area contributed by atoms with Crippen molar-refractivity contribution in [1.82, 2.24) is 5.32 Å². The lowest BCUT2D eigenvalue weighted by Crippen LogP contribution is -2.24. The molecule has 0 atom stereocenters. The molecule has 0 aliphatic carbocycles. The van der Waals surface area contributed by atoms with Gasteiger partial charge in [0, 0.05) is 17.7 Å². The molecule has 1 amide bonds. The van der Waals surface area contributed by atoms with Crippen LogP contribution in [0.1, 0.15) is 15.9 Å². The Morgan fingerprint density at radius 1 is 0.862 bits per heavy atom. The van der Waals surface area contributed by atoms with Crippen molar-refractivity contribution in [1.29, 1.82) is 0 Å². The summed E-state index contributed by atoms with van der Waals surface area (Å²) in [6, 6.07) is 13.1. The van der Waals surface area contributed by atoms with Crippen LogP contribution >= 0.6 is 0 Å². The molecular formula is C20H15F3N2O3S. The van der Waals surface area contributed by atoms with Crippen LogP contribution in [-0.2, 0) is 16.6 Å². The van der Waals surface area contributed by atoms with Gasteiger partial charge in [0.05, 0.1) is 10.6 Å². The van der Waals surface area contributed by atoms with Crippen LogP contribution < -0.4 is 10.0 Å². The summed E-state index contributed by atoms with van der Waals surface area (Å²) in [6.45, 7) is -0.285. The molecule has 0 aromatic heterocycles. The standard InChI is InChI=1S/C20H15F3N2O3S/c21-15-8-9-17(22)14(10-15)12-24-20(26)13-4-3-5-16(11-13)29(27,28)25-19-7-2-1-6-18(19)23/h1-11,25H,12H2,(H,24,26). The molecule has 0 radical (unpaired) electrons. The number of amides is 1. The zero-order valence-electron chi connectivity index (χ0n) is 14.8. The number of para-hydroxylation sites is 1. The van der Waals surface area contributed by atoms with E-state index in [1.165, 1.54) is 36.4 Å². The van der Waals surface area contributed by atoms with Gasteiger partial charge in [0.1, 0.15) is 17.5 Å². The molecule has 0 saturated heterocycles. The molecule has 3 aromatic carbocycles. The summed E-state index contributed by atoms with van der Waals surface area (Å²) in [6.07, 6.45) is 0. The number of sulfonamides is 1. The van der Waals surface area contributed by atoms with Gasteiger partial charge < -0.3 is 5.32 Å². The summed E-state index contributed by atoms with van der Waals surface area (Å²) >= 11 is 0. The lowest BCUT2D eigenvalue weighted by Gasteiger charge is -2.11. The summed E-state index contributed by atoms with van der Waals surface area (Å²) < 4.78 is 67.7. The molecule has 0 fully saturated rings. The fourth-order valence-electron chi connectivity index (χ4n) is 2.51. The number of benzene rings is 3. The lowest BCUT2D eigenvalue weighted by molar-refractivity contribution is 0.0950. The average Bonchev–Trinajstić information content (AvgIpc) is 2.70. The highest BCUT2D eigenvalue weighted by Gasteiger charge is 2.18. The largest absolute Gasteiger partial charge is 0.348 e. The Morgan fingerprint density at radius 2 is 1.62 bits per heavy atom. The molecule has 0 bridgehead atoms. The molecule has 150 valence electrons. The number of hydrogen-bond donors (Lipinski definition) is 2. The van der Waals surface area contributed by atoms with E-state index in [-0.39, 0.29) is 28.3 Å². The van der Waals surface area contributed by atoms with Gasteiger partial charge in [-0.15, -0.1) is 0 Å². The van der Waals surface area contributed by atoms with Crippen LogP contribution in [0.15, 0.2) is 71.6 Å². The van der Waals surface area contributed by atoms with Gasteiger partial charge >= 0.3 is 0 Å². The van der Waals surface area contributed by atoms with Gasteiger partial charge in [-0.25, -0.2) is 21.6 Å². The zero-order chi connectivity index (χ0) is 21.0. The maximum absolute atomic E-state index is 13.7. The zero-order valence-corrected chi connectivity index (χ0v) is 15.6. The number of rotatable bonds is 6. The Balaban J connectivity index is 1.77. The van der Waals surface area contributed by atoms with Crippen molar-refractivity contribution in [3.8, 4) is 0 Å². The fourth-order valence-corrected chi connectivity index (χ4v) is 3.62. The van der Waals surface area contributed by atoms with E-state index < -0.39 is 33.4 Å². The van der Waals surface area contributed by atoms with Gasteiger partial charge in [0.2, 0.25) is 0 Å². The Bertz CT molecular complexity index is 1170. The van der Waals surface area contributed by atoms with Gasteiger partial charge in [-0.2, -0.15) is 0 Å². The minimum atomic E-state index is -4.15. The van der Waals surface area contributed by atoms with Gasteiger partial charge in [-0.3, -0.25) is 9.52 Å². The highest BCUT2D eigenvalue weighted by atomic mass is 32.2. The van der Waals surface area contributed by atoms with Crippen molar-refractivity contribution in [3.05, 3.63) is 95.3 Å². The smallest absolute Gasteiger partial charge is 0.262 e. The normalized spacial score (nSPS) is 11.1. The number of carbonyl (C=O) groups is 1. The molecule has 0 unspecified atom stereocenters. The average molecular weight is 420 g/mol. The summed E-state index contributed by atoms with van der Waals surface area (Å²) in [5.41, 5.74) is -0.300. The number of halogens is 3. The number of anilines is 1. The first kappa shape index (κ1) is 20.4. The topological polar surface area (TPSA) is 75.3 Å². The van der Waals surface area contributed by atoms with Crippen LogP contribution in [0.4, 0.5) is 18.9 Å². The molecule has 3 rings (SSSR count). The van der Waals surface area contributed by atoms with Crippen LogP contribution in [0.3, 0.4) is 0 Å². The Kier molecular flexibility index (Phi) is 5.88. The summed E-state index contributed by atoms with van der Waals surface area (Å²) in [5.74, 6) is -2.77. The fraction of sp³-hybridized carbons (Fsp3) is 0.0500. The maximum atomic E-state index is 13.7. The molecule has 2 N–H and O–H groups in total. The van der Waals surface area contributed by atoms with Crippen molar-refractivity contribution in [2.75, 3.05) is 4.72 Å². The number of carbonyl (C=O) groups excluding carboxylic acids is 1. The number of nitrogens with one attached hydrogen (secondary N) is 2. The van der Waals surface area contributed by atoms with Gasteiger partial charge in [-0.05, 0) is 48.5 Å². The molecule has 0 heterocycles. The van der Waals surface area contributed by atoms with Gasteiger partial charge in [-0.1, -0.05) is 18.2 Å². The van der Waals surface area contributed by atoms with Crippen LogP contribution in [0, 0.1) is 17.5 Å². The molecule has 9 heteroatoms. The van der Waals surface area contributed by atoms with Crippen LogP contribution in [-0.4, -0.2) is 14.3 Å². The van der Waals surface area contributed by atoms with Crippen molar-refractivity contribution in [2.45, 2.75) is 11.4 Å². The van der Waals surface area contributed by atoms with E-state index in [0.717, 1.165) is 30.3 Å². The van der Waals surface area contributed by atoms with E-state index in [0.29, 0.717) is 0 Å². The molecule has 3 aromatic rings. The first-order valence-corrected chi connectivity index (χ1v) is 9.84. The van der Waals surface area contributed by atoms with Crippen molar-refractivity contribution in [3.63, 3.8) is 0 Å². The molecular weight excluding hydrogens is 405 g/mol. The molecule has 0 aliphatic heterocycles. The van der Waals surface area contributed by atoms with Crippen molar-refractivity contribution >= 4 is 21.6 Å². The SMILES string of the molecule is O=C(NCc1cc(F)ccc1F)c1cccc(S(=O)(=O)Nc2ccccc2F)c1. The third kappa shape index (κ3) is 4.94. The van der Waals surface area contributed by atoms with Crippen LogP contribution in [0.5, 0.6) is 0 Å². The third-order valence-electron chi connectivity index (χ3n) is 3.97. The first-order chi connectivity index (χ1) is 13.8. The number of hydrogen-bond acceptors (Lipinski definition) is 3. The second-order valence-electron chi connectivity index (χ2n) is 6.03. The molecule has 0 saturated carbocycles. The summed E-state index contributed by atoms with van der Waals surface area (Å²) in [7, 11) is -4.15. The Hall–Kier alpha value is -3.33. The van der Waals surface area contributed by atoms with E-state index in [1.807, 2.05) is 0 Å². The molecule has 0 spiro atoms. The second-order valence-corrected chi connectivity index (χ2v) is 7.71. The van der Waals surface area contributed by atoms with E-state index in [1.54, 1.807) is 0 Å². The Morgan fingerprint density at radius 3 is 2.38 bits per heavy atom. The molecule has 29 heavy (non-hydrogen) atoms. The van der Waals surface area contributed by atoms with Crippen molar-refractivity contribution in [2.24, 2.45) is 0 Å². The Labute approximate surface area is 165 Å². The van der Waals surface area contributed by atoms with E-state index in [4.69, 9.17) is 0 Å². The molecule has 0 aliphatic rings. The predicted octanol–water partition coefficient (Wildman–Crippen LogP) is 3.83. The highest BCUT2D eigenvalue weighted by molar-refractivity contribution is 7.92. The monoisotopic (exact) mass is 420 g/mol. The second kappa shape index (κ2) is 8.36. The third-order valence-corrected chi connectivity index (χ3v) is 5.34. The summed E-state index contributed by atoms with van der Waals surface area (Å²) in [5, 5.41) is 2.40. The van der Waals surface area contributed by atoms with Crippen LogP contribution in [0.2, 0.25) is 0 Å². The lowest BCUT2D eigenvalue weighted by atomic mass is 10.2. The van der Waals surface area contributed by atoms with Crippen molar-refractivity contribution < 1.29 is 26.4 Å². The molecule has 5 nitrogen and oxygen atoms in total. The maximum Gasteiger partial charge on any atom is 0.262 e. The van der Waals surface area contributed by atoms with Gasteiger partial charge in [0.15, 0.2) is 0 Å². The quantitative estimate of drug-likeness (QED) is 0.636. The predicted molar refractivity (Wildman–Crippen MR) is 101 cm³/mol. The van der Waals surface area contributed by atoms with E-state index in [9.17, 15) is 26.4 Å². The minimum absolute atomic E-state index is 0.0155. The van der Waals surface area contributed by atoms with E-state index >= 15 is 0 Å². The first-order valence-electron chi connectivity index (χ1n) is 8.36. The van der Waals surface area contributed by atoms with Crippen LogP contribution in [0.25, 0.3) is 0 Å². The minimum Gasteiger partial charge on any atom is -0.348 e. The summed E-state index contributed by atoms with van der Waals surface area (Å²) in [4.78, 5) is 12.0. The van der Waals surface area contributed by atoms with Gasteiger partial charge in [0.25, 0.3) is 15.9 Å². The highest BCUT2D eigenvalue weighted by Crippen LogP contribution is 2.19.